The number of ether oxygens (including phenoxy) is 1. The van der Waals surface area contributed by atoms with E-state index in [9.17, 15) is 14.4 Å². The van der Waals surface area contributed by atoms with Gasteiger partial charge < -0.3 is 15.0 Å². The molecule has 0 saturated carbocycles. The maximum atomic E-state index is 12.6. The second-order valence-electron chi connectivity index (χ2n) is 7.33. The molecule has 1 fully saturated rings. The maximum Gasteiger partial charge on any atom is 0.308 e. The van der Waals surface area contributed by atoms with Gasteiger partial charge in [0.25, 0.3) is 5.91 Å². The predicted octanol–water partition coefficient (Wildman–Crippen LogP) is 2.39. The number of aryl methyl sites for hydroxylation is 1. The van der Waals surface area contributed by atoms with Crippen molar-refractivity contribution in [2.24, 2.45) is 5.92 Å². The van der Waals surface area contributed by atoms with Gasteiger partial charge in [-0.15, -0.1) is 0 Å². The van der Waals surface area contributed by atoms with Crippen LogP contribution in [-0.4, -0.2) is 53.5 Å². The van der Waals surface area contributed by atoms with Gasteiger partial charge in [-0.05, 0) is 71.8 Å². The molecule has 2 rings (SSSR count). The summed E-state index contributed by atoms with van der Waals surface area (Å²) < 4.78 is 6.20. The number of halogens is 1. The second kappa shape index (κ2) is 10.9. The lowest BCUT2D eigenvalue weighted by Gasteiger charge is -2.36. The molecule has 0 radical (unpaired) electrons. The van der Waals surface area contributed by atoms with Gasteiger partial charge in [0.2, 0.25) is 5.91 Å². The van der Waals surface area contributed by atoms with E-state index in [1.54, 1.807) is 17.0 Å². The Morgan fingerprint density at radius 3 is 2.79 bits per heavy atom. The monoisotopic (exact) mass is 531 g/mol. The van der Waals surface area contributed by atoms with Crippen LogP contribution in [0.1, 0.15) is 42.6 Å². The Kier molecular flexibility index (Phi) is 8.81. The van der Waals surface area contributed by atoms with Crippen LogP contribution in [0.3, 0.4) is 0 Å². The quantitative estimate of drug-likeness (QED) is 0.333. The fraction of sp³-hybridized carbons (Fsp3) is 0.500. The number of carbonyl (C=O) groups is 3. The number of benzene rings is 1. The summed E-state index contributed by atoms with van der Waals surface area (Å²) in [4.78, 5) is 38.6. The molecule has 1 aromatic carbocycles. The second-order valence-corrected chi connectivity index (χ2v) is 8.88. The average Bonchev–Trinajstić information content (AvgIpc) is 2.65. The topological polar surface area (TPSA) is 87.7 Å². The van der Waals surface area contributed by atoms with Crippen molar-refractivity contribution in [2.75, 3.05) is 19.7 Å². The van der Waals surface area contributed by atoms with Crippen molar-refractivity contribution in [1.82, 2.24) is 15.5 Å². The largest absolute Gasteiger partial charge is 0.466 e. The molecule has 2 N–H and O–H groups in total. The molecule has 0 bridgehead atoms. The minimum Gasteiger partial charge on any atom is -0.466 e. The van der Waals surface area contributed by atoms with Crippen LogP contribution in [0, 0.1) is 16.4 Å². The van der Waals surface area contributed by atoms with Crippen molar-refractivity contribution < 1.29 is 19.1 Å². The maximum absolute atomic E-state index is 12.6. The van der Waals surface area contributed by atoms with Gasteiger partial charge in [0.15, 0.2) is 5.11 Å². The number of hydrogen-bond donors (Lipinski definition) is 2. The Hall–Kier alpha value is -1.75. The van der Waals surface area contributed by atoms with E-state index < -0.39 is 12.0 Å². The number of amides is 2. The van der Waals surface area contributed by atoms with Crippen LogP contribution in [-0.2, 0) is 14.3 Å². The molecule has 158 valence electrons. The standard InChI is InChI=1S/C20H26IN3O4S/c1-12(2)6-9-28-17(25)11-16-19(27)22-7-8-24(16)20(29)23-18(26)14-5-4-13(3)15(21)10-14/h4-5,10,12,16H,6-9,11H2,1-3H3,(H,22,27)(H,23,26,29). The number of piperazine rings is 1. The van der Waals surface area contributed by atoms with Crippen LogP contribution in [0.15, 0.2) is 18.2 Å². The SMILES string of the molecule is Cc1ccc(C(=O)NC(=S)N2CCNC(=O)C2CC(=O)OCCC(C)C)cc1I. The van der Waals surface area contributed by atoms with Gasteiger partial charge in [0.1, 0.15) is 6.04 Å². The molecule has 0 aromatic heterocycles. The van der Waals surface area contributed by atoms with Crippen molar-refractivity contribution >= 4 is 57.7 Å². The molecule has 29 heavy (non-hydrogen) atoms. The van der Waals surface area contributed by atoms with Crippen LogP contribution >= 0.6 is 34.8 Å². The van der Waals surface area contributed by atoms with Crippen LogP contribution in [0.2, 0.25) is 0 Å². The Bertz CT molecular complexity index is 800. The third kappa shape index (κ3) is 6.91. The number of esters is 1. The van der Waals surface area contributed by atoms with E-state index >= 15 is 0 Å². The highest BCUT2D eigenvalue weighted by molar-refractivity contribution is 14.1. The minimum absolute atomic E-state index is 0.123. The fourth-order valence-corrected chi connectivity index (χ4v) is 3.59. The molecule has 9 heteroatoms. The Morgan fingerprint density at radius 2 is 2.14 bits per heavy atom. The molecular formula is C20H26IN3O4S. The highest BCUT2D eigenvalue weighted by Gasteiger charge is 2.34. The van der Waals surface area contributed by atoms with E-state index in [0.29, 0.717) is 31.2 Å². The smallest absolute Gasteiger partial charge is 0.308 e. The van der Waals surface area contributed by atoms with Gasteiger partial charge in [0, 0.05) is 22.2 Å². The lowest BCUT2D eigenvalue weighted by molar-refractivity contribution is -0.147. The zero-order valence-corrected chi connectivity index (χ0v) is 19.8. The number of thiocarbonyl (C=S) groups is 1. The first kappa shape index (κ1) is 23.5. The molecule has 0 aliphatic carbocycles. The minimum atomic E-state index is -0.804. The van der Waals surface area contributed by atoms with Crippen molar-refractivity contribution in [3.8, 4) is 0 Å². The van der Waals surface area contributed by atoms with Crippen LogP contribution in [0.25, 0.3) is 0 Å². The first-order chi connectivity index (χ1) is 13.7. The lowest BCUT2D eigenvalue weighted by Crippen LogP contribution is -2.60. The van der Waals surface area contributed by atoms with E-state index in [1.807, 2.05) is 26.8 Å². The van der Waals surface area contributed by atoms with Crippen LogP contribution in [0.5, 0.6) is 0 Å². The highest BCUT2D eigenvalue weighted by Crippen LogP contribution is 2.15. The Balaban J connectivity index is 2.01. The molecule has 0 spiro atoms. The van der Waals surface area contributed by atoms with Gasteiger partial charge >= 0.3 is 5.97 Å². The van der Waals surface area contributed by atoms with Crippen LogP contribution in [0.4, 0.5) is 0 Å². The number of rotatable bonds is 6. The summed E-state index contributed by atoms with van der Waals surface area (Å²) in [6, 6.07) is 4.56. The molecule has 1 heterocycles. The van der Waals surface area contributed by atoms with Gasteiger partial charge in [-0.2, -0.15) is 0 Å². The van der Waals surface area contributed by atoms with Crippen molar-refractivity contribution in [3.63, 3.8) is 0 Å². The Morgan fingerprint density at radius 1 is 1.41 bits per heavy atom. The van der Waals surface area contributed by atoms with E-state index in [4.69, 9.17) is 17.0 Å². The first-order valence-electron chi connectivity index (χ1n) is 9.50. The molecule has 1 unspecified atom stereocenters. The lowest BCUT2D eigenvalue weighted by atomic mass is 10.1. The average molecular weight is 531 g/mol. The third-order valence-electron chi connectivity index (χ3n) is 4.56. The van der Waals surface area contributed by atoms with Crippen molar-refractivity contribution in [1.29, 1.82) is 0 Å². The molecule has 1 saturated heterocycles. The molecule has 1 aliphatic heterocycles. The molecular weight excluding hydrogens is 505 g/mol. The van der Waals surface area contributed by atoms with Gasteiger partial charge in [-0.1, -0.05) is 19.9 Å². The number of nitrogens with zero attached hydrogens (tertiary/aromatic N) is 1. The summed E-state index contributed by atoms with van der Waals surface area (Å²) in [5, 5.41) is 5.54. The molecule has 1 atom stereocenters. The van der Waals surface area contributed by atoms with Gasteiger partial charge in [-0.3, -0.25) is 19.7 Å². The van der Waals surface area contributed by atoms with E-state index in [1.165, 1.54) is 0 Å². The number of hydrogen-bond acceptors (Lipinski definition) is 5. The van der Waals surface area contributed by atoms with E-state index in [-0.39, 0.29) is 23.3 Å². The van der Waals surface area contributed by atoms with Crippen LogP contribution < -0.4 is 10.6 Å². The van der Waals surface area contributed by atoms with E-state index in [2.05, 4.69) is 33.2 Å². The predicted molar refractivity (Wildman–Crippen MR) is 122 cm³/mol. The summed E-state index contributed by atoms with van der Waals surface area (Å²) in [6.07, 6.45) is 0.637. The molecule has 1 aliphatic rings. The molecule has 2 amide bonds. The Labute approximate surface area is 190 Å². The first-order valence-corrected chi connectivity index (χ1v) is 11.0. The van der Waals surface area contributed by atoms with Crippen molar-refractivity contribution in [2.45, 2.75) is 39.7 Å². The summed E-state index contributed by atoms with van der Waals surface area (Å²) >= 11 is 7.54. The summed E-state index contributed by atoms with van der Waals surface area (Å²) in [5.74, 6) is -0.694. The number of nitrogens with one attached hydrogen (secondary N) is 2. The normalized spacial score (nSPS) is 16.4. The zero-order chi connectivity index (χ0) is 21.6. The molecule has 7 nitrogen and oxygen atoms in total. The summed E-state index contributed by atoms with van der Waals surface area (Å²) in [5.41, 5.74) is 1.56. The van der Waals surface area contributed by atoms with Crippen molar-refractivity contribution in [3.05, 3.63) is 32.9 Å². The summed E-state index contributed by atoms with van der Waals surface area (Å²) in [6.45, 7) is 7.15. The fourth-order valence-electron chi connectivity index (χ4n) is 2.76. The third-order valence-corrected chi connectivity index (χ3v) is 6.06. The highest BCUT2D eigenvalue weighted by atomic mass is 127. The summed E-state index contributed by atoms with van der Waals surface area (Å²) in [7, 11) is 0. The van der Waals surface area contributed by atoms with Gasteiger partial charge in [-0.25, -0.2) is 0 Å². The van der Waals surface area contributed by atoms with Gasteiger partial charge in [0.05, 0.1) is 13.0 Å². The zero-order valence-electron chi connectivity index (χ0n) is 16.8. The molecule has 1 aromatic rings. The number of carbonyl (C=O) groups excluding carboxylic acids is 3. The van der Waals surface area contributed by atoms with E-state index in [0.717, 1.165) is 15.6 Å².